The van der Waals surface area contributed by atoms with Gasteiger partial charge in [-0.15, -0.1) is 12.3 Å². The number of nitrogens with zero attached hydrogens (tertiary/aromatic N) is 1. The van der Waals surface area contributed by atoms with Gasteiger partial charge in [-0.2, -0.15) is 0 Å². The van der Waals surface area contributed by atoms with Crippen LogP contribution in [0.4, 0.5) is 0 Å². The van der Waals surface area contributed by atoms with Gasteiger partial charge in [-0.05, 0) is 26.4 Å². The number of hydrogen-bond acceptors (Lipinski definition) is 3. The molecule has 3 nitrogen and oxygen atoms in total. The number of hydrogen-bond donors (Lipinski definition) is 1. The van der Waals surface area contributed by atoms with Crippen molar-refractivity contribution in [1.82, 2.24) is 10.2 Å². The standard InChI is InChI=1S/C13H24N2O/c1-4-6-7-12(14-3)13-11-15(8-5-2)9-10-16-13/h1,12-14H,5-11H2,2-3H3. The first-order valence-electron chi connectivity index (χ1n) is 6.26. The lowest BCUT2D eigenvalue weighted by Gasteiger charge is -2.36. The molecule has 1 rings (SSSR count). The van der Waals surface area contributed by atoms with E-state index in [-0.39, 0.29) is 0 Å². The molecule has 1 aliphatic rings. The maximum absolute atomic E-state index is 5.83. The summed E-state index contributed by atoms with van der Waals surface area (Å²) in [5.74, 6) is 2.70. The second-order valence-electron chi connectivity index (χ2n) is 4.35. The van der Waals surface area contributed by atoms with Crippen LogP contribution in [-0.4, -0.2) is 50.3 Å². The van der Waals surface area contributed by atoms with Gasteiger partial charge in [0.15, 0.2) is 0 Å². The smallest absolute Gasteiger partial charge is 0.0855 e. The molecule has 0 bridgehead atoms. The highest BCUT2D eigenvalue weighted by atomic mass is 16.5. The van der Waals surface area contributed by atoms with Gasteiger partial charge in [0, 0.05) is 25.6 Å². The lowest BCUT2D eigenvalue weighted by molar-refractivity contribution is -0.0461. The molecule has 2 unspecified atom stereocenters. The molecule has 1 aliphatic heterocycles. The normalized spacial score (nSPS) is 23.9. The van der Waals surface area contributed by atoms with Crippen molar-refractivity contribution in [2.45, 2.75) is 38.3 Å². The first-order valence-corrected chi connectivity index (χ1v) is 6.26. The molecule has 0 spiro atoms. The Balaban J connectivity index is 2.40. The van der Waals surface area contributed by atoms with Crippen LogP contribution in [0.2, 0.25) is 0 Å². The van der Waals surface area contributed by atoms with Crippen LogP contribution in [0.25, 0.3) is 0 Å². The average Bonchev–Trinajstić information content (AvgIpc) is 2.31. The molecule has 0 aliphatic carbocycles. The Kier molecular flexibility index (Phi) is 6.47. The SMILES string of the molecule is C#CCCC(NC)C1CN(CCC)CCO1. The van der Waals surface area contributed by atoms with Gasteiger partial charge in [-0.1, -0.05) is 6.92 Å². The second-order valence-corrected chi connectivity index (χ2v) is 4.35. The average molecular weight is 224 g/mol. The van der Waals surface area contributed by atoms with Crippen molar-refractivity contribution < 1.29 is 4.74 Å². The van der Waals surface area contributed by atoms with Crippen molar-refractivity contribution in [3.8, 4) is 12.3 Å². The minimum Gasteiger partial charge on any atom is -0.374 e. The second kappa shape index (κ2) is 7.67. The van der Waals surface area contributed by atoms with Gasteiger partial charge in [-0.25, -0.2) is 0 Å². The van der Waals surface area contributed by atoms with Crippen LogP contribution in [-0.2, 0) is 4.74 Å². The highest BCUT2D eigenvalue weighted by Crippen LogP contribution is 2.12. The molecule has 0 radical (unpaired) electrons. The van der Waals surface area contributed by atoms with Gasteiger partial charge in [0.25, 0.3) is 0 Å². The molecule has 0 saturated carbocycles. The Labute approximate surface area is 99.5 Å². The Hall–Kier alpha value is -0.560. The third-order valence-electron chi connectivity index (χ3n) is 3.14. The first-order chi connectivity index (χ1) is 7.81. The van der Waals surface area contributed by atoms with Crippen LogP contribution >= 0.6 is 0 Å². The van der Waals surface area contributed by atoms with Crippen molar-refractivity contribution in [3.05, 3.63) is 0 Å². The Morgan fingerprint density at radius 3 is 3.06 bits per heavy atom. The van der Waals surface area contributed by atoms with Gasteiger partial charge in [0.05, 0.1) is 12.7 Å². The summed E-state index contributed by atoms with van der Waals surface area (Å²) in [7, 11) is 1.99. The van der Waals surface area contributed by atoms with Gasteiger partial charge in [0.2, 0.25) is 0 Å². The molecule has 1 fully saturated rings. The van der Waals surface area contributed by atoms with E-state index in [1.165, 1.54) is 13.0 Å². The van der Waals surface area contributed by atoms with E-state index >= 15 is 0 Å². The van der Waals surface area contributed by atoms with Crippen LogP contribution in [0.5, 0.6) is 0 Å². The largest absolute Gasteiger partial charge is 0.374 e. The fourth-order valence-electron chi connectivity index (χ4n) is 2.25. The number of ether oxygens (including phenoxy) is 1. The number of terminal acetylenes is 1. The number of morpholine rings is 1. The van der Waals surface area contributed by atoms with Crippen molar-refractivity contribution in [1.29, 1.82) is 0 Å². The van der Waals surface area contributed by atoms with Crippen molar-refractivity contribution in [2.24, 2.45) is 0 Å². The molecule has 92 valence electrons. The van der Waals surface area contributed by atoms with Crippen LogP contribution in [0.15, 0.2) is 0 Å². The summed E-state index contributed by atoms with van der Waals surface area (Å²) in [5, 5.41) is 3.32. The van der Waals surface area contributed by atoms with Crippen LogP contribution in [0.1, 0.15) is 26.2 Å². The fourth-order valence-corrected chi connectivity index (χ4v) is 2.25. The first kappa shape index (κ1) is 13.5. The van der Waals surface area contributed by atoms with Gasteiger partial charge < -0.3 is 10.1 Å². The monoisotopic (exact) mass is 224 g/mol. The molecule has 0 aromatic rings. The molecule has 0 aromatic heterocycles. The molecule has 0 amide bonds. The van der Waals surface area contributed by atoms with Crippen LogP contribution in [0, 0.1) is 12.3 Å². The zero-order valence-electron chi connectivity index (χ0n) is 10.5. The zero-order valence-corrected chi connectivity index (χ0v) is 10.5. The van der Waals surface area contributed by atoms with Crippen LogP contribution < -0.4 is 5.32 Å². The molecule has 1 heterocycles. The minimum atomic E-state index is 0.290. The molecule has 1 N–H and O–H groups in total. The molecule has 16 heavy (non-hydrogen) atoms. The van der Waals surface area contributed by atoms with E-state index < -0.39 is 0 Å². The predicted octanol–water partition coefficient (Wildman–Crippen LogP) is 1.10. The summed E-state index contributed by atoms with van der Waals surface area (Å²) in [5.41, 5.74) is 0. The summed E-state index contributed by atoms with van der Waals surface area (Å²) >= 11 is 0. The topological polar surface area (TPSA) is 24.5 Å². The van der Waals surface area contributed by atoms with E-state index in [2.05, 4.69) is 23.1 Å². The minimum absolute atomic E-state index is 0.290. The van der Waals surface area contributed by atoms with Gasteiger partial charge in [-0.3, -0.25) is 4.90 Å². The maximum atomic E-state index is 5.83. The summed E-state index contributed by atoms with van der Waals surface area (Å²) in [6.07, 6.45) is 8.62. The highest BCUT2D eigenvalue weighted by Gasteiger charge is 2.26. The van der Waals surface area contributed by atoms with Crippen molar-refractivity contribution in [2.75, 3.05) is 33.3 Å². The van der Waals surface area contributed by atoms with E-state index in [1.54, 1.807) is 0 Å². The Morgan fingerprint density at radius 1 is 1.62 bits per heavy atom. The summed E-state index contributed by atoms with van der Waals surface area (Å²) in [4.78, 5) is 2.48. The Morgan fingerprint density at radius 2 is 2.44 bits per heavy atom. The lowest BCUT2D eigenvalue weighted by Crippen LogP contribution is -2.51. The van der Waals surface area contributed by atoms with E-state index in [0.29, 0.717) is 12.1 Å². The van der Waals surface area contributed by atoms with E-state index in [9.17, 15) is 0 Å². The number of likely N-dealkylation sites (N-methyl/N-ethyl adjacent to an activating group) is 1. The number of nitrogens with one attached hydrogen (secondary N) is 1. The third-order valence-corrected chi connectivity index (χ3v) is 3.14. The van der Waals surface area contributed by atoms with Gasteiger partial charge >= 0.3 is 0 Å². The van der Waals surface area contributed by atoms with E-state index in [4.69, 9.17) is 11.2 Å². The molecule has 2 atom stereocenters. The molecule has 3 heteroatoms. The van der Waals surface area contributed by atoms with Crippen LogP contribution in [0.3, 0.4) is 0 Å². The molecule has 0 aromatic carbocycles. The highest BCUT2D eigenvalue weighted by molar-refractivity contribution is 4.89. The molecule has 1 saturated heterocycles. The summed E-state index contributed by atoms with van der Waals surface area (Å²) < 4.78 is 5.83. The molecular weight excluding hydrogens is 200 g/mol. The Bertz CT molecular complexity index is 222. The summed E-state index contributed by atoms with van der Waals surface area (Å²) in [6.45, 7) is 6.34. The zero-order chi connectivity index (χ0) is 11.8. The number of rotatable bonds is 6. The predicted molar refractivity (Wildman–Crippen MR) is 67.4 cm³/mol. The van der Waals surface area contributed by atoms with E-state index in [0.717, 1.165) is 32.5 Å². The quantitative estimate of drug-likeness (QED) is 0.684. The van der Waals surface area contributed by atoms with E-state index in [1.807, 2.05) is 7.05 Å². The molecular formula is C13H24N2O. The van der Waals surface area contributed by atoms with Gasteiger partial charge in [0.1, 0.15) is 0 Å². The van der Waals surface area contributed by atoms with Crippen molar-refractivity contribution >= 4 is 0 Å². The third kappa shape index (κ3) is 4.13. The fraction of sp³-hybridized carbons (Fsp3) is 0.846. The maximum Gasteiger partial charge on any atom is 0.0855 e. The van der Waals surface area contributed by atoms with Crippen molar-refractivity contribution in [3.63, 3.8) is 0 Å². The summed E-state index contributed by atoms with van der Waals surface area (Å²) in [6, 6.07) is 0.385. The lowest BCUT2D eigenvalue weighted by atomic mass is 10.0.